The molecule has 2 amide bonds. The second-order valence-corrected chi connectivity index (χ2v) is 9.62. The minimum atomic E-state index is -0.402. The smallest absolute Gasteiger partial charge is 0.259 e. The van der Waals surface area contributed by atoms with Crippen LogP contribution in [0, 0.1) is 12.8 Å². The SMILES string of the molecule is Cc1ccc(-c2cnc3c(c2)C(=O)N([C@@H](C)CO)C[C@@H](C)[C@H](CN(C)C(=O)c2ccccc2)O3)cc1. The van der Waals surface area contributed by atoms with Gasteiger partial charge in [0.2, 0.25) is 5.88 Å². The number of aliphatic hydroxyl groups excluding tert-OH is 1. The molecule has 36 heavy (non-hydrogen) atoms. The number of pyridine rings is 1. The summed E-state index contributed by atoms with van der Waals surface area (Å²) in [6.45, 7) is 6.38. The standard InChI is InChI=1S/C29H33N3O4/c1-19-10-12-22(13-11-19)24-14-25-27(30-15-24)36-26(20(2)16-32(29(25)35)21(3)18-33)17-31(4)28(34)23-8-6-5-7-9-23/h5-15,20-21,26,33H,16-18H2,1-4H3/t20-,21+,26+/m1/s1. The van der Waals surface area contributed by atoms with Crippen molar-refractivity contribution in [1.29, 1.82) is 0 Å². The van der Waals surface area contributed by atoms with Crippen LogP contribution in [0.25, 0.3) is 11.1 Å². The van der Waals surface area contributed by atoms with Crippen molar-refractivity contribution in [3.8, 4) is 17.0 Å². The normalized spacial score (nSPS) is 18.5. The second-order valence-electron chi connectivity index (χ2n) is 9.62. The Bertz CT molecular complexity index is 1210. The molecule has 7 nitrogen and oxygen atoms in total. The maximum Gasteiger partial charge on any atom is 0.259 e. The van der Waals surface area contributed by atoms with Crippen molar-refractivity contribution < 1.29 is 19.4 Å². The average molecular weight is 488 g/mol. The van der Waals surface area contributed by atoms with Crippen molar-refractivity contribution in [1.82, 2.24) is 14.8 Å². The molecule has 1 aliphatic rings. The minimum Gasteiger partial charge on any atom is -0.472 e. The van der Waals surface area contributed by atoms with Gasteiger partial charge in [-0.1, -0.05) is 55.0 Å². The first-order valence-electron chi connectivity index (χ1n) is 12.2. The molecule has 4 rings (SSSR count). The van der Waals surface area contributed by atoms with Crippen LogP contribution in [-0.4, -0.2) is 70.6 Å². The van der Waals surface area contributed by atoms with Crippen LogP contribution in [0.4, 0.5) is 0 Å². The van der Waals surface area contributed by atoms with Gasteiger partial charge in [0.05, 0.1) is 19.2 Å². The van der Waals surface area contributed by atoms with Crippen molar-refractivity contribution in [3.05, 3.63) is 83.6 Å². The van der Waals surface area contributed by atoms with Crippen LogP contribution >= 0.6 is 0 Å². The zero-order valence-electron chi connectivity index (χ0n) is 21.2. The number of amides is 2. The molecule has 188 valence electrons. The predicted molar refractivity (Wildman–Crippen MR) is 139 cm³/mol. The molecule has 2 heterocycles. The molecule has 3 aromatic rings. The monoisotopic (exact) mass is 487 g/mol. The summed E-state index contributed by atoms with van der Waals surface area (Å²) in [5.74, 6) is -0.205. The molecule has 0 fully saturated rings. The molecule has 0 aliphatic carbocycles. The molecule has 2 aromatic carbocycles. The van der Waals surface area contributed by atoms with Crippen LogP contribution in [0.5, 0.6) is 5.88 Å². The molecular formula is C29H33N3O4. The predicted octanol–water partition coefficient (Wildman–Crippen LogP) is 4.05. The van der Waals surface area contributed by atoms with Crippen molar-refractivity contribution in [2.75, 3.05) is 26.7 Å². The van der Waals surface area contributed by atoms with Crippen molar-refractivity contribution in [3.63, 3.8) is 0 Å². The number of rotatable bonds is 6. The highest BCUT2D eigenvalue weighted by Crippen LogP contribution is 2.30. The topological polar surface area (TPSA) is 83.0 Å². The first-order valence-corrected chi connectivity index (χ1v) is 12.2. The number of carbonyl (C=O) groups is 2. The number of ether oxygens (including phenoxy) is 1. The highest BCUT2D eigenvalue weighted by atomic mass is 16.5. The number of aliphatic hydroxyl groups is 1. The number of nitrogens with zero attached hydrogens (tertiary/aromatic N) is 3. The Morgan fingerprint density at radius 2 is 1.86 bits per heavy atom. The Balaban J connectivity index is 1.68. The molecule has 7 heteroatoms. The third-order valence-corrected chi connectivity index (χ3v) is 6.73. The minimum absolute atomic E-state index is 0.104. The Kier molecular flexibility index (Phi) is 7.70. The quantitative estimate of drug-likeness (QED) is 0.567. The van der Waals surface area contributed by atoms with E-state index in [4.69, 9.17) is 4.74 Å². The van der Waals surface area contributed by atoms with Crippen LogP contribution in [0.1, 0.15) is 40.1 Å². The first kappa shape index (κ1) is 25.4. The van der Waals surface area contributed by atoms with Gasteiger partial charge in [-0.3, -0.25) is 9.59 Å². The van der Waals surface area contributed by atoms with Crippen LogP contribution in [-0.2, 0) is 0 Å². The summed E-state index contributed by atoms with van der Waals surface area (Å²) in [4.78, 5) is 34.5. The lowest BCUT2D eigenvalue weighted by Crippen LogP contribution is -2.50. The number of fused-ring (bicyclic) bond motifs is 1. The molecule has 1 aromatic heterocycles. The number of hydrogen-bond acceptors (Lipinski definition) is 5. The summed E-state index contributed by atoms with van der Waals surface area (Å²) in [6, 6.07) is 18.6. The van der Waals surface area contributed by atoms with E-state index in [-0.39, 0.29) is 36.3 Å². The molecule has 1 N–H and O–H groups in total. The Morgan fingerprint density at radius 3 is 2.53 bits per heavy atom. The van der Waals surface area contributed by atoms with E-state index in [1.54, 1.807) is 41.2 Å². The molecule has 0 unspecified atom stereocenters. The van der Waals surface area contributed by atoms with E-state index >= 15 is 0 Å². The number of likely N-dealkylation sites (N-methyl/N-ethyl adjacent to an activating group) is 1. The van der Waals surface area contributed by atoms with E-state index in [0.29, 0.717) is 24.2 Å². The Hall–Kier alpha value is -3.71. The molecular weight excluding hydrogens is 454 g/mol. The zero-order valence-corrected chi connectivity index (χ0v) is 21.2. The van der Waals surface area contributed by atoms with Crippen LogP contribution < -0.4 is 4.74 Å². The van der Waals surface area contributed by atoms with Crippen molar-refractivity contribution in [2.24, 2.45) is 5.92 Å². The third kappa shape index (κ3) is 5.41. The molecule has 1 aliphatic heterocycles. The lowest BCUT2D eigenvalue weighted by atomic mass is 9.98. The number of aromatic nitrogens is 1. The van der Waals surface area contributed by atoms with Crippen molar-refractivity contribution >= 4 is 11.8 Å². The number of hydrogen-bond donors (Lipinski definition) is 1. The summed E-state index contributed by atoms with van der Waals surface area (Å²) >= 11 is 0. The molecule has 0 radical (unpaired) electrons. The van der Waals surface area contributed by atoms with Crippen LogP contribution in [0.3, 0.4) is 0 Å². The summed E-state index contributed by atoms with van der Waals surface area (Å²) in [6.07, 6.45) is 1.30. The van der Waals surface area contributed by atoms with Crippen molar-refractivity contribution in [2.45, 2.75) is 32.9 Å². The lowest BCUT2D eigenvalue weighted by Gasteiger charge is -2.37. The molecule has 0 bridgehead atoms. The highest BCUT2D eigenvalue weighted by molar-refractivity contribution is 5.98. The molecule has 0 spiro atoms. The van der Waals surface area contributed by atoms with Gasteiger partial charge in [-0.15, -0.1) is 0 Å². The third-order valence-electron chi connectivity index (χ3n) is 6.73. The lowest BCUT2D eigenvalue weighted by molar-refractivity contribution is 0.0313. The van der Waals surface area contributed by atoms with Gasteiger partial charge in [0.25, 0.3) is 11.8 Å². The maximum atomic E-state index is 13.6. The fourth-order valence-electron chi connectivity index (χ4n) is 4.38. The largest absolute Gasteiger partial charge is 0.472 e. The maximum absolute atomic E-state index is 13.6. The molecule has 3 atom stereocenters. The van der Waals surface area contributed by atoms with E-state index < -0.39 is 6.10 Å². The Labute approximate surface area is 212 Å². The highest BCUT2D eigenvalue weighted by Gasteiger charge is 2.34. The van der Waals surface area contributed by atoms with Gasteiger partial charge in [0, 0.05) is 36.8 Å². The van der Waals surface area contributed by atoms with Gasteiger partial charge in [0.1, 0.15) is 11.7 Å². The first-order chi connectivity index (χ1) is 17.3. The number of aryl methyl sites for hydroxylation is 1. The van der Waals surface area contributed by atoms with E-state index in [1.165, 1.54) is 0 Å². The second kappa shape index (κ2) is 10.9. The van der Waals surface area contributed by atoms with E-state index in [0.717, 1.165) is 16.7 Å². The Morgan fingerprint density at radius 1 is 1.17 bits per heavy atom. The summed E-state index contributed by atoms with van der Waals surface area (Å²) in [5.41, 5.74) is 3.86. The van der Waals surface area contributed by atoms with Gasteiger partial charge in [-0.25, -0.2) is 4.98 Å². The van der Waals surface area contributed by atoms with E-state index in [2.05, 4.69) is 4.98 Å². The summed E-state index contributed by atoms with van der Waals surface area (Å²) < 4.78 is 6.33. The molecule has 0 saturated heterocycles. The van der Waals surface area contributed by atoms with E-state index in [1.807, 2.05) is 63.2 Å². The average Bonchev–Trinajstić information content (AvgIpc) is 2.90. The fraction of sp³-hybridized carbons (Fsp3) is 0.345. The van der Waals surface area contributed by atoms with E-state index in [9.17, 15) is 14.7 Å². The van der Waals surface area contributed by atoms with Gasteiger partial charge in [0.15, 0.2) is 0 Å². The van der Waals surface area contributed by atoms with Gasteiger partial charge < -0.3 is 19.6 Å². The number of carbonyl (C=O) groups excluding carboxylic acids is 2. The number of benzene rings is 2. The van der Waals surface area contributed by atoms with Gasteiger partial charge >= 0.3 is 0 Å². The van der Waals surface area contributed by atoms with Crippen LogP contribution in [0.15, 0.2) is 66.9 Å². The zero-order chi connectivity index (χ0) is 25.8. The fourth-order valence-corrected chi connectivity index (χ4v) is 4.38. The van der Waals surface area contributed by atoms with Gasteiger partial charge in [-0.2, -0.15) is 0 Å². The summed E-state index contributed by atoms with van der Waals surface area (Å²) in [5, 5.41) is 9.88. The molecule has 0 saturated carbocycles. The summed E-state index contributed by atoms with van der Waals surface area (Å²) in [7, 11) is 1.75. The van der Waals surface area contributed by atoms with Crippen LogP contribution in [0.2, 0.25) is 0 Å². The van der Waals surface area contributed by atoms with Gasteiger partial charge in [-0.05, 0) is 37.6 Å².